The Hall–Kier alpha value is -2.64. The van der Waals surface area contributed by atoms with Crippen molar-refractivity contribution in [2.75, 3.05) is 51.8 Å². The lowest BCUT2D eigenvalue weighted by atomic mass is 10.1. The van der Waals surface area contributed by atoms with Gasteiger partial charge in [-0.25, -0.2) is 4.39 Å². The summed E-state index contributed by atoms with van der Waals surface area (Å²) in [7, 11) is 1.59. The number of piperazine rings is 1. The molecular formula is C22H28FN3O3. The Morgan fingerprint density at radius 3 is 2.41 bits per heavy atom. The minimum Gasteiger partial charge on any atom is -0.496 e. The molecule has 3 rings (SSSR count). The van der Waals surface area contributed by atoms with Crippen LogP contribution in [0.2, 0.25) is 0 Å². The van der Waals surface area contributed by atoms with Crippen LogP contribution >= 0.6 is 0 Å². The topological polar surface area (TPSA) is 54.0 Å². The average molecular weight is 401 g/mol. The number of carbonyl (C=O) groups excluding carboxylic acids is 1. The predicted molar refractivity (Wildman–Crippen MR) is 111 cm³/mol. The molecule has 156 valence electrons. The molecule has 0 atom stereocenters. The van der Waals surface area contributed by atoms with E-state index in [9.17, 15) is 9.18 Å². The van der Waals surface area contributed by atoms with E-state index in [-0.39, 0.29) is 11.7 Å². The summed E-state index contributed by atoms with van der Waals surface area (Å²) in [4.78, 5) is 16.7. The Labute approximate surface area is 171 Å². The molecule has 1 N–H and O–H groups in total. The molecular weight excluding hydrogens is 373 g/mol. The molecule has 0 aromatic heterocycles. The zero-order valence-corrected chi connectivity index (χ0v) is 17.0. The number of rotatable bonds is 8. The molecule has 1 amide bonds. The summed E-state index contributed by atoms with van der Waals surface area (Å²) in [6.07, 6.45) is 0. The predicted octanol–water partition coefficient (Wildman–Crippen LogP) is 2.99. The minimum atomic E-state index is -0.259. The maximum absolute atomic E-state index is 13.5. The van der Waals surface area contributed by atoms with Crippen LogP contribution in [-0.4, -0.2) is 62.1 Å². The summed E-state index contributed by atoms with van der Waals surface area (Å²) < 4.78 is 24.3. The number of amides is 1. The molecule has 0 unspecified atom stereocenters. The van der Waals surface area contributed by atoms with E-state index in [0.29, 0.717) is 25.4 Å². The standard InChI is InChI=1S/C22H28FN3O3/c1-3-29-20-7-5-19(6-8-20)24-22(27)16-26-12-10-25(11-13-26)15-17-14-18(23)4-9-21(17)28-2/h4-9,14H,3,10-13,15-16H2,1-2H3,(H,24,27). The number of hydrogen-bond donors (Lipinski definition) is 1. The van der Waals surface area contributed by atoms with E-state index in [0.717, 1.165) is 43.2 Å². The Morgan fingerprint density at radius 1 is 1.07 bits per heavy atom. The fourth-order valence-corrected chi connectivity index (χ4v) is 3.42. The third kappa shape index (κ3) is 6.17. The lowest BCUT2D eigenvalue weighted by molar-refractivity contribution is -0.117. The van der Waals surface area contributed by atoms with Crippen molar-refractivity contribution >= 4 is 11.6 Å². The summed E-state index contributed by atoms with van der Waals surface area (Å²) >= 11 is 0. The number of nitrogens with zero attached hydrogens (tertiary/aromatic N) is 2. The van der Waals surface area contributed by atoms with Crippen molar-refractivity contribution in [1.29, 1.82) is 0 Å². The summed E-state index contributed by atoms with van der Waals surface area (Å²) in [5.41, 5.74) is 1.60. The lowest BCUT2D eigenvalue weighted by Gasteiger charge is -2.34. The van der Waals surface area contributed by atoms with Gasteiger partial charge < -0.3 is 14.8 Å². The monoisotopic (exact) mass is 401 g/mol. The van der Waals surface area contributed by atoms with Gasteiger partial charge in [-0.1, -0.05) is 0 Å². The van der Waals surface area contributed by atoms with Gasteiger partial charge in [0.1, 0.15) is 17.3 Å². The third-order valence-corrected chi connectivity index (χ3v) is 4.92. The van der Waals surface area contributed by atoms with E-state index < -0.39 is 0 Å². The van der Waals surface area contributed by atoms with Crippen LogP contribution in [0.1, 0.15) is 12.5 Å². The number of nitrogens with one attached hydrogen (secondary N) is 1. The van der Waals surface area contributed by atoms with Crippen molar-refractivity contribution < 1.29 is 18.7 Å². The highest BCUT2D eigenvalue weighted by Crippen LogP contribution is 2.22. The fraction of sp³-hybridized carbons (Fsp3) is 0.409. The smallest absolute Gasteiger partial charge is 0.238 e. The van der Waals surface area contributed by atoms with Crippen molar-refractivity contribution in [3.05, 3.63) is 53.8 Å². The Morgan fingerprint density at radius 2 is 1.76 bits per heavy atom. The SMILES string of the molecule is CCOc1ccc(NC(=O)CN2CCN(Cc3cc(F)ccc3OC)CC2)cc1. The van der Waals surface area contributed by atoms with Gasteiger partial charge in [-0.15, -0.1) is 0 Å². The van der Waals surface area contributed by atoms with Crippen molar-refractivity contribution in [2.45, 2.75) is 13.5 Å². The van der Waals surface area contributed by atoms with E-state index >= 15 is 0 Å². The molecule has 0 radical (unpaired) electrons. The summed E-state index contributed by atoms with van der Waals surface area (Å²) in [5.74, 6) is 1.19. The molecule has 1 saturated heterocycles. The Kier molecular flexibility index (Phi) is 7.43. The molecule has 0 spiro atoms. The molecule has 2 aromatic rings. The zero-order chi connectivity index (χ0) is 20.6. The molecule has 1 fully saturated rings. The van der Waals surface area contributed by atoms with Crippen LogP contribution in [0.25, 0.3) is 0 Å². The molecule has 7 heteroatoms. The first-order valence-electron chi connectivity index (χ1n) is 9.87. The number of benzene rings is 2. The Balaban J connectivity index is 1.44. The van der Waals surface area contributed by atoms with Crippen molar-refractivity contribution in [2.24, 2.45) is 0 Å². The van der Waals surface area contributed by atoms with E-state index in [1.165, 1.54) is 12.1 Å². The van der Waals surface area contributed by atoms with Crippen molar-refractivity contribution in [3.8, 4) is 11.5 Å². The second-order valence-electron chi connectivity index (χ2n) is 7.01. The molecule has 1 aliphatic rings. The maximum atomic E-state index is 13.5. The first-order valence-corrected chi connectivity index (χ1v) is 9.87. The Bertz CT molecular complexity index is 805. The first kappa shape index (κ1) is 21.1. The molecule has 1 heterocycles. The summed E-state index contributed by atoms with van der Waals surface area (Å²) in [6.45, 7) is 6.74. The van der Waals surface area contributed by atoms with Crippen LogP contribution in [0.15, 0.2) is 42.5 Å². The third-order valence-electron chi connectivity index (χ3n) is 4.92. The quantitative estimate of drug-likeness (QED) is 0.737. The van der Waals surface area contributed by atoms with Crippen molar-refractivity contribution in [1.82, 2.24) is 9.80 Å². The van der Waals surface area contributed by atoms with Gasteiger partial charge in [0.05, 0.1) is 20.3 Å². The highest BCUT2D eigenvalue weighted by Gasteiger charge is 2.20. The van der Waals surface area contributed by atoms with Gasteiger partial charge in [0, 0.05) is 44.0 Å². The van der Waals surface area contributed by atoms with E-state index in [1.54, 1.807) is 13.2 Å². The van der Waals surface area contributed by atoms with Crippen LogP contribution in [0.5, 0.6) is 11.5 Å². The fourth-order valence-electron chi connectivity index (χ4n) is 3.42. The minimum absolute atomic E-state index is 0.0330. The number of hydrogen-bond acceptors (Lipinski definition) is 5. The van der Waals surface area contributed by atoms with Gasteiger partial charge in [-0.05, 0) is 49.4 Å². The van der Waals surface area contributed by atoms with Crippen molar-refractivity contribution in [3.63, 3.8) is 0 Å². The second kappa shape index (κ2) is 10.2. The van der Waals surface area contributed by atoms with Crippen LogP contribution in [0.4, 0.5) is 10.1 Å². The van der Waals surface area contributed by atoms with Gasteiger partial charge >= 0.3 is 0 Å². The molecule has 2 aromatic carbocycles. The van der Waals surface area contributed by atoms with E-state index in [4.69, 9.17) is 9.47 Å². The van der Waals surface area contributed by atoms with Gasteiger partial charge in [-0.3, -0.25) is 14.6 Å². The van der Waals surface area contributed by atoms with Crippen LogP contribution in [0, 0.1) is 5.82 Å². The number of carbonyl (C=O) groups is 1. The van der Waals surface area contributed by atoms with Gasteiger partial charge in [0.25, 0.3) is 0 Å². The first-order chi connectivity index (χ1) is 14.1. The van der Waals surface area contributed by atoms with Crippen LogP contribution < -0.4 is 14.8 Å². The number of methoxy groups -OCH3 is 1. The molecule has 0 saturated carbocycles. The average Bonchev–Trinajstić information content (AvgIpc) is 2.71. The highest BCUT2D eigenvalue weighted by molar-refractivity contribution is 5.92. The van der Waals surface area contributed by atoms with Gasteiger partial charge in [0.2, 0.25) is 5.91 Å². The summed E-state index contributed by atoms with van der Waals surface area (Å²) in [5, 5.41) is 2.92. The van der Waals surface area contributed by atoms with E-state index in [2.05, 4.69) is 15.1 Å². The number of ether oxygens (including phenoxy) is 2. The zero-order valence-electron chi connectivity index (χ0n) is 17.0. The normalized spacial score (nSPS) is 15.1. The number of halogens is 1. The van der Waals surface area contributed by atoms with E-state index in [1.807, 2.05) is 31.2 Å². The van der Waals surface area contributed by atoms with Gasteiger partial charge in [0.15, 0.2) is 0 Å². The van der Waals surface area contributed by atoms with Gasteiger partial charge in [-0.2, -0.15) is 0 Å². The number of anilines is 1. The molecule has 29 heavy (non-hydrogen) atoms. The molecule has 0 aliphatic carbocycles. The molecule has 1 aliphatic heterocycles. The highest BCUT2D eigenvalue weighted by atomic mass is 19.1. The molecule has 0 bridgehead atoms. The van der Waals surface area contributed by atoms with Crippen LogP contribution in [-0.2, 0) is 11.3 Å². The summed E-state index contributed by atoms with van der Waals surface area (Å²) in [6, 6.07) is 12.0. The lowest BCUT2D eigenvalue weighted by Crippen LogP contribution is -2.48. The van der Waals surface area contributed by atoms with Crippen LogP contribution in [0.3, 0.4) is 0 Å². The second-order valence-corrected chi connectivity index (χ2v) is 7.01. The molecule has 6 nitrogen and oxygen atoms in total. The maximum Gasteiger partial charge on any atom is 0.238 e. The largest absolute Gasteiger partial charge is 0.496 e.